The van der Waals surface area contributed by atoms with Gasteiger partial charge in [-0.25, -0.2) is 0 Å². The first-order valence-electron chi connectivity index (χ1n) is 5.86. The minimum absolute atomic E-state index is 0.0630. The highest BCUT2D eigenvalue weighted by Gasteiger charge is 2.24. The summed E-state index contributed by atoms with van der Waals surface area (Å²) in [5, 5.41) is 12.4. The van der Waals surface area contributed by atoms with E-state index in [0.29, 0.717) is 12.3 Å². The van der Waals surface area contributed by atoms with E-state index in [2.05, 4.69) is 31.1 Å². The topological polar surface area (TPSA) is 54.4 Å². The standard InChI is InChI=1S/C13H22N2O2/c1-13(2,3)10(8-9-16)14-11-6-5-7-12(15-11)17-4/h5-7,10,16H,8-9H2,1-4H3,(H,14,15). The van der Waals surface area contributed by atoms with E-state index in [1.54, 1.807) is 7.11 Å². The highest BCUT2D eigenvalue weighted by atomic mass is 16.5. The number of aromatic nitrogens is 1. The number of aliphatic hydroxyl groups is 1. The number of hydrogen-bond acceptors (Lipinski definition) is 4. The summed E-state index contributed by atoms with van der Waals surface area (Å²) in [5.74, 6) is 1.37. The van der Waals surface area contributed by atoms with Crippen LogP contribution in [0.1, 0.15) is 27.2 Å². The van der Waals surface area contributed by atoms with Crippen molar-refractivity contribution in [1.82, 2.24) is 4.98 Å². The molecule has 2 N–H and O–H groups in total. The summed E-state index contributed by atoms with van der Waals surface area (Å²) in [5.41, 5.74) is 0.0630. The molecular formula is C13H22N2O2. The molecule has 1 atom stereocenters. The molecule has 96 valence electrons. The lowest BCUT2D eigenvalue weighted by Crippen LogP contribution is -2.35. The van der Waals surface area contributed by atoms with Crippen LogP contribution in [-0.4, -0.2) is 29.8 Å². The molecule has 0 fully saturated rings. The molecule has 0 spiro atoms. The van der Waals surface area contributed by atoms with Crippen LogP contribution < -0.4 is 10.1 Å². The van der Waals surface area contributed by atoms with Crippen molar-refractivity contribution < 1.29 is 9.84 Å². The lowest BCUT2D eigenvalue weighted by molar-refractivity contribution is 0.235. The molecule has 0 saturated carbocycles. The van der Waals surface area contributed by atoms with Gasteiger partial charge in [0, 0.05) is 18.7 Å². The van der Waals surface area contributed by atoms with Crippen LogP contribution in [0.2, 0.25) is 0 Å². The van der Waals surface area contributed by atoms with Gasteiger partial charge < -0.3 is 15.2 Å². The quantitative estimate of drug-likeness (QED) is 0.826. The summed E-state index contributed by atoms with van der Waals surface area (Å²) in [7, 11) is 1.60. The first kappa shape index (κ1) is 13.8. The lowest BCUT2D eigenvalue weighted by Gasteiger charge is -2.31. The number of methoxy groups -OCH3 is 1. The Morgan fingerprint density at radius 1 is 1.41 bits per heavy atom. The van der Waals surface area contributed by atoms with Crippen molar-refractivity contribution in [2.75, 3.05) is 19.0 Å². The normalized spacial score (nSPS) is 13.2. The Hall–Kier alpha value is -1.29. The van der Waals surface area contributed by atoms with Gasteiger partial charge in [0.2, 0.25) is 5.88 Å². The summed E-state index contributed by atoms with van der Waals surface area (Å²) < 4.78 is 5.08. The molecule has 0 aliphatic rings. The number of ether oxygens (including phenoxy) is 1. The van der Waals surface area contributed by atoms with E-state index >= 15 is 0 Å². The van der Waals surface area contributed by atoms with Gasteiger partial charge in [-0.3, -0.25) is 0 Å². The molecular weight excluding hydrogens is 216 g/mol. The molecule has 1 unspecified atom stereocenters. The minimum atomic E-state index is 0.0630. The minimum Gasteiger partial charge on any atom is -0.481 e. The number of anilines is 1. The van der Waals surface area contributed by atoms with E-state index in [4.69, 9.17) is 9.84 Å². The van der Waals surface area contributed by atoms with E-state index in [9.17, 15) is 0 Å². The van der Waals surface area contributed by atoms with Crippen LogP contribution in [-0.2, 0) is 0 Å². The molecule has 4 nitrogen and oxygen atoms in total. The van der Waals surface area contributed by atoms with Crippen LogP contribution in [0.25, 0.3) is 0 Å². The summed E-state index contributed by atoms with van der Waals surface area (Å²) >= 11 is 0. The molecule has 17 heavy (non-hydrogen) atoms. The van der Waals surface area contributed by atoms with Crippen LogP contribution in [0.4, 0.5) is 5.82 Å². The predicted molar refractivity (Wildman–Crippen MR) is 69.4 cm³/mol. The van der Waals surface area contributed by atoms with Crippen molar-refractivity contribution in [3.8, 4) is 5.88 Å². The monoisotopic (exact) mass is 238 g/mol. The molecule has 0 radical (unpaired) electrons. The first-order valence-corrected chi connectivity index (χ1v) is 5.86. The highest BCUT2D eigenvalue weighted by molar-refractivity contribution is 5.38. The maximum Gasteiger partial charge on any atom is 0.214 e. The zero-order chi connectivity index (χ0) is 12.9. The summed E-state index contributed by atoms with van der Waals surface area (Å²) in [6, 6.07) is 5.78. The Balaban J connectivity index is 2.78. The van der Waals surface area contributed by atoms with Crippen molar-refractivity contribution in [2.24, 2.45) is 5.41 Å². The van der Waals surface area contributed by atoms with E-state index < -0.39 is 0 Å². The summed E-state index contributed by atoms with van der Waals surface area (Å²) in [4.78, 5) is 4.31. The van der Waals surface area contributed by atoms with Gasteiger partial charge in [-0.15, -0.1) is 0 Å². The predicted octanol–water partition coefficient (Wildman–Crippen LogP) is 2.30. The maximum atomic E-state index is 9.09. The van der Waals surface area contributed by atoms with Gasteiger partial charge in [0.25, 0.3) is 0 Å². The van der Waals surface area contributed by atoms with Crippen LogP contribution in [0.5, 0.6) is 5.88 Å². The van der Waals surface area contributed by atoms with Gasteiger partial charge >= 0.3 is 0 Å². The smallest absolute Gasteiger partial charge is 0.214 e. The van der Waals surface area contributed by atoms with Crippen molar-refractivity contribution in [1.29, 1.82) is 0 Å². The molecule has 0 aliphatic heterocycles. The van der Waals surface area contributed by atoms with Crippen molar-refractivity contribution in [3.05, 3.63) is 18.2 Å². The number of aliphatic hydroxyl groups excluding tert-OH is 1. The Bertz CT molecular complexity index is 348. The van der Waals surface area contributed by atoms with Crippen LogP contribution in [0.15, 0.2) is 18.2 Å². The third kappa shape index (κ3) is 4.23. The van der Waals surface area contributed by atoms with Gasteiger partial charge in [0.15, 0.2) is 0 Å². The first-order chi connectivity index (χ1) is 7.97. The van der Waals surface area contributed by atoms with Crippen LogP contribution in [0.3, 0.4) is 0 Å². The molecule has 0 aliphatic carbocycles. The summed E-state index contributed by atoms with van der Waals surface area (Å²) in [6.45, 7) is 6.58. The molecule has 1 aromatic rings. The average Bonchev–Trinajstić information content (AvgIpc) is 2.27. The van der Waals surface area contributed by atoms with Gasteiger partial charge in [-0.1, -0.05) is 26.8 Å². The molecule has 1 aromatic heterocycles. The average molecular weight is 238 g/mol. The fraction of sp³-hybridized carbons (Fsp3) is 0.615. The fourth-order valence-electron chi connectivity index (χ4n) is 1.64. The number of rotatable bonds is 5. The zero-order valence-electron chi connectivity index (χ0n) is 11.0. The zero-order valence-corrected chi connectivity index (χ0v) is 11.0. The maximum absolute atomic E-state index is 9.09. The van der Waals surface area contributed by atoms with Crippen LogP contribution in [0, 0.1) is 5.41 Å². The molecule has 0 amide bonds. The molecule has 0 aromatic carbocycles. The second-order valence-corrected chi connectivity index (χ2v) is 5.14. The van der Waals surface area contributed by atoms with E-state index in [-0.39, 0.29) is 18.1 Å². The summed E-state index contributed by atoms with van der Waals surface area (Å²) in [6.07, 6.45) is 0.697. The molecule has 1 rings (SSSR count). The largest absolute Gasteiger partial charge is 0.481 e. The lowest BCUT2D eigenvalue weighted by atomic mass is 9.85. The van der Waals surface area contributed by atoms with Gasteiger partial charge in [0.1, 0.15) is 5.82 Å². The Kier molecular flexibility index (Phi) is 4.75. The van der Waals surface area contributed by atoms with E-state index in [1.807, 2.05) is 18.2 Å². The van der Waals surface area contributed by atoms with E-state index in [0.717, 1.165) is 5.82 Å². The Morgan fingerprint density at radius 3 is 2.65 bits per heavy atom. The Morgan fingerprint density at radius 2 is 2.12 bits per heavy atom. The molecule has 0 saturated heterocycles. The molecule has 4 heteroatoms. The van der Waals surface area contributed by atoms with Gasteiger partial charge in [0.05, 0.1) is 7.11 Å². The highest BCUT2D eigenvalue weighted by Crippen LogP contribution is 2.25. The molecule has 1 heterocycles. The fourth-order valence-corrected chi connectivity index (χ4v) is 1.64. The van der Waals surface area contributed by atoms with E-state index in [1.165, 1.54) is 0 Å². The Labute approximate surface area is 103 Å². The third-order valence-electron chi connectivity index (χ3n) is 2.72. The number of hydrogen-bond donors (Lipinski definition) is 2. The van der Waals surface area contributed by atoms with Gasteiger partial charge in [-0.2, -0.15) is 4.98 Å². The second kappa shape index (κ2) is 5.87. The second-order valence-electron chi connectivity index (χ2n) is 5.14. The number of nitrogens with one attached hydrogen (secondary N) is 1. The molecule has 0 bridgehead atoms. The van der Waals surface area contributed by atoms with Gasteiger partial charge in [-0.05, 0) is 17.9 Å². The SMILES string of the molecule is COc1cccc(NC(CCO)C(C)(C)C)n1. The van der Waals surface area contributed by atoms with Crippen molar-refractivity contribution >= 4 is 5.82 Å². The van der Waals surface area contributed by atoms with Crippen molar-refractivity contribution in [3.63, 3.8) is 0 Å². The van der Waals surface area contributed by atoms with Crippen molar-refractivity contribution in [2.45, 2.75) is 33.2 Å². The number of nitrogens with zero attached hydrogens (tertiary/aromatic N) is 1. The number of pyridine rings is 1. The van der Waals surface area contributed by atoms with Crippen LogP contribution >= 0.6 is 0 Å². The third-order valence-corrected chi connectivity index (χ3v) is 2.72.